The largest absolute Gasteiger partial charge is 0.460 e. The van der Waals surface area contributed by atoms with Crippen LogP contribution in [0.3, 0.4) is 0 Å². The molecule has 0 spiro atoms. The first-order chi connectivity index (χ1) is 17.5. The average molecular weight is 493 g/mol. The summed E-state index contributed by atoms with van der Waals surface area (Å²) < 4.78 is 25.1. The maximum absolute atomic E-state index is 14.6. The molecular formula is C25H24FN5O5. The van der Waals surface area contributed by atoms with Crippen LogP contribution in [0.15, 0.2) is 60.9 Å². The van der Waals surface area contributed by atoms with Crippen molar-refractivity contribution in [3.63, 3.8) is 0 Å². The Morgan fingerprint density at radius 2 is 1.75 bits per heavy atom. The summed E-state index contributed by atoms with van der Waals surface area (Å²) in [6.45, 7) is 1.42. The fraction of sp³-hybridized carbons (Fsp3) is 0.240. The lowest BCUT2D eigenvalue weighted by Crippen LogP contribution is -2.32. The highest BCUT2D eigenvalue weighted by Crippen LogP contribution is 2.26. The first-order valence-corrected chi connectivity index (χ1v) is 11.3. The van der Waals surface area contributed by atoms with Crippen molar-refractivity contribution in [1.82, 2.24) is 14.9 Å². The van der Waals surface area contributed by atoms with E-state index >= 15 is 0 Å². The number of hydrogen-bond acceptors (Lipinski definition) is 7. The lowest BCUT2D eigenvalue weighted by molar-refractivity contribution is -0.146. The highest BCUT2D eigenvalue weighted by atomic mass is 19.1. The number of aromatic nitrogens is 2. The molecular weight excluding hydrogens is 469 g/mol. The minimum atomic E-state index is -0.763. The second kappa shape index (κ2) is 11.7. The van der Waals surface area contributed by atoms with E-state index < -0.39 is 24.1 Å². The van der Waals surface area contributed by atoms with E-state index in [4.69, 9.17) is 9.47 Å². The normalized spacial score (nSPS) is 12.6. The molecule has 0 aliphatic carbocycles. The molecule has 2 aromatic carbocycles. The molecule has 0 bridgehead atoms. The van der Waals surface area contributed by atoms with Crippen molar-refractivity contribution in [3.8, 4) is 11.6 Å². The first kappa shape index (κ1) is 24.6. The molecule has 1 aliphatic heterocycles. The van der Waals surface area contributed by atoms with Crippen molar-refractivity contribution in [1.29, 1.82) is 0 Å². The van der Waals surface area contributed by atoms with Crippen LogP contribution in [-0.4, -0.2) is 45.9 Å². The van der Waals surface area contributed by atoms with Gasteiger partial charge in [-0.2, -0.15) is 0 Å². The van der Waals surface area contributed by atoms with E-state index in [9.17, 15) is 18.8 Å². The smallest absolute Gasteiger partial charge is 0.323 e. The van der Waals surface area contributed by atoms with Crippen molar-refractivity contribution in [2.75, 3.05) is 23.7 Å². The van der Waals surface area contributed by atoms with Crippen LogP contribution >= 0.6 is 0 Å². The van der Waals surface area contributed by atoms with E-state index in [2.05, 4.69) is 20.6 Å². The van der Waals surface area contributed by atoms with Gasteiger partial charge in [0.1, 0.15) is 25.2 Å². The third-order valence-corrected chi connectivity index (χ3v) is 5.25. The van der Waals surface area contributed by atoms with E-state index in [1.165, 1.54) is 24.5 Å². The Morgan fingerprint density at radius 1 is 0.972 bits per heavy atom. The standard InChI is InChI=1S/C25H24FN5O5/c26-19-12-18(29-22(32)14-24(33)35-15-17-6-2-1-3-7-17)8-9-20(19)36-23-13-21(27-16-28-23)30-25(34)31-10-4-5-11-31/h1-3,6-9,12-13,16H,4-5,10-11,14-15H2,(H,29,32)(H,27,28,30,34). The summed E-state index contributed by atoms with van der Waals surface area (Å²) >= 11 is 0. The predicted octanol–water partition coefficient (Wildman–Crippen LogP) is 4.11. The molecule has 36 heavy (non-hydrogen) atoms. The maximum Gasteiger partial charge on any atom is 0.323 e. The molecule has 0 atom stereocenters. The Morgan fingerprint density at radius 3 is 2.50 bits per heavy atom. The molecule has 2 heterocycles. The van der Waals surface area contributed by atoms with Gasteiger partial charge in [-0.15, -0.1) is 0 Å². The number of esters is 1. The van der Waals surface area contributed by atoms with Gasteiger partial charge in [0.25, 0.3) is 0 Å². The number of anilines is 2. The van der Waals surface area contributed by atoms with Crippen molar-refractivity contribution < 1.29 is 28.2 Å². The summed E-state index contributed by atoms with van der Waals surface area (Å²) in [5.74, 6) is -2.01. The highest BCUT2D eigenvalue weighted by Gasteiger charge is 2.19. The zero-order chi connectivity index (χ0) is 25.3. The highest BCUT2D eigenvalue weighted by molar-refractivity contribution is 6.01. The number of carbonyl (C=O) groups excluding carboxylic acids is 3. The summed E-state index contributed by atoms with van der Waals surface area (Å²) in [5, 5.41) is 5.11. The van der Waals surface area contributed by atoms with Crippen LogP contribution in [0, 0.1) is 5.82 Å². The van der Waals surface area contributed by atoms with E-state index in [0.29, 0.717) is 13.1 Å². The molecule has 0 radical (unpaired) electrons. The number of urea groups is 1. The molecule has 3 aromatic rings. The van der Waals surface area contributed by atoms with Crippen molar-refractivity contribution in [3.05, 3.63) is 72.3 Å². The molecule has 1 fully saturated rings. The average Bonchev–Trinajstić information content (AvgIpc) is 3.41. The summed E-state index contributed by atoms with van der Waals surface area (Å²) in [4.78, 5) is 45.8. The maximum atomic E-state index is 14.6. The third-order valence-electron chi connectivity index (χ3n) is 5.25. The quantitative estimate of drug-likeness (QED) is 0.358. The van der Waals surface area contributed by atoms with Gasteiger partial charge >= 0.3 is 12.0 Å². The van der Waals surface area contributed by atoms with Crippen LogP contribution in [0.2, 0.25) is 0 Å². The molecule has 4 rings (SSSR count). The minimum Gasteiger partial charge on any atom is -0.460 e. The fourth-order valence-corrected chi connectivity index (χ4v) is 3.47. The number of nitrogens with one attached hydrogen (secondary N) is 2. The van der Waals surface area contributed by atoms with Crippen LogP contribution < -0.4 is 15.4 Å². The Bertz CT molecular complexity index is 1230. The first-order valence-electron chi connectivity index (χ1n) is 11.3. The lowest BCUT2D eigenvalue weighted by atomic mass is 10.2. The van der Waals surface area contributed by atoms with Crippen LogP contribution in [0.5, 0.6) is 11.6 Å². The van der Waals surface area contributed by atoms with Crippen molar-refractivity contribution in [2.24, 2.45) is 0 Å². The van der Waals surface area contributed by atoms with E-state index in [-0.39, 0.29) is 35.8 Å². The SMILES string of the molecule is O=C(CC(=O)OCc1ccccc1)Nc1ccc(Oc2cc(NC(=O)N3CCCC3)ncn2)c(F)c1. The molecule has 1 aromatic heterocycles. The number of likely N-dealkylation sites (tertiary alicyclic amines) is 1. The van der Waals surface area contributed by atoms with Crippen LogP contribution in [0.1, 0.15) is 24.8 Å². The number of hydrogen-bond donors (Lipinski definition) is 2. The lowest BCUT2D eigenvalue weighted by Gasteiger charge is -2.15. The van der Waals surface area contributed by atoms with E-state index in [1.54, 1.807) is 17.0 Å². The Kier molecular flexibility index (Phi) is 8.01. The molecule has 0 saturated carbocycles. The Balaban J connectivity index is 1.29. The zero-order valence-corrected chi connectivity index (χ0v) is 19.3. The molecule has 0 unspecified atom stereocenters. The molecule has 3 amide bonds. The number of carbonyl (C=O) groups is 3. The number of ether oxygens (including phenoxy) is 2. The van der Waals surface area contributed by atoms with Gasteiger partial charge in [-0.05, 0) is 30.5 Å². The summed E-state index contributed by atoms with van der Waals surface area (Å²) in [6.07, 6.45) is 2.59. The fourth-order valence-electron chi connectivity index (χ4n) is 3.47. The van der Waals surface area contributed by atoms with Gasteiger partial charge in [0.2, 0.25) is 11.8 Å². The van der Waals surface area contributed by atoms with Gasteiger partial charge in [-0.1, -0.05) is 30.3 Å². The Labute approximate surface area is 206 Å². The van der Waals surface area contributed by atoms with Gasteiger partial charge in [0.05, 0.1) is 0 Å². The summed E-state index contributed by atoms with van der Waals surface area (Å²) in [5.41, 5.74) is 0.940. The van der Waals surface area contributed by atoms with Gasteiger partial charge < -0.3 is 19.7 Å². The predicted molar refractivity (Wildman–Crippen MR) is 128 cm³/mol. The summed E-state index contributed by atoms with van der Waals surface area (Å²) in [6, 6.07) is 14.0. The molecule has 2 N–H and O–H groups in total. The monoisotopic (exact) mass is 493 g/mol. The second-order valence-electron chi connectivity index (χ2n) is 7.98. The summed E-state index contributed by atoms with van der Waals surface area (Å²) in [7, 11) is 0. The Hall–Kier alpha value is -4.54. The van der Waals surface area contributed by atoms with Crippen LogP contribution in [0.4, 0.5) is 20.7 Å². The van der Waals surface area contributed by atoms with Gasteiger partial charge in [0.15, 0.2) is 11.6 Å². The van der Waals surface area contributed by atoms with Gasteiger partial charge in [-0.25, -0.2) is 19.2 Å². The van der Waals surface area contributed by atoms with Gasteiger partial charge in [-0.3, -0.25) is 14.9 Å². The number of benzene rings is 2. The number of rotatable bonds is 8. The van der Waals surface area contributed by atoms with E-state index in [1.807, 2.05) is 18.2 Å². The molecule has 10 nitrogen and oxygen atoms in total. The number of amides is 3. The van der Waals surface area contributed by atoms with Crippen LogP contribution in [0.25, 0.3) is 0 Å². The van der Waals surface area contributed by atoms with Crippen LogP contribution in [-0.2, 0) is 20.9 Å². The number of nitrogens with zero attached hydrogens (tertiary/aromatic N) is 3. The molecule has 1 saturated heterocycles. The second-order valence-corrected chi connectivity index (χ2v) is 7.98. The topological polar surface area (TPSA) is 123 Å². The van der Waals surface area contributed by atoms with Crippen molar-refractivity contribution in [2.45, 2.75) is 25.9 Å². The van der Waals surface area contributed by atoms with E-state index in [0.717, 1.165) is 24.5 Å². The third kappa shape index (κ3) is 6.98. The zero-order valence-electron chi connectivity index (χ0n) is 19.3. The van der Waals surface area contributed by atoms with Crippen molar-refractivity contribution >= 4 is 29.4 Å². The molecule has 11 heteroatoms. The molecule has 186 valence electrons. The van der Waals surface area contributed by atoms with Gasteiger partial charge in [0, 0.05) is 30.9 Å². The minimum absolute atomic E-state index is 0.0265. The number of halogens is 1. The molecule has 1 aliphatic rings.